The molecule has 150 valence electrons. The summed E-state index contributed by atoms with van der Waals surface area (Å²) in [6, 6.07) is 8.96. The van der Waals surface area contributed by atoms with Crippen LogP contribution in [-0.4, -0.2) is 41.2 Å². The second-order valence-electron chi connectivity index (χ2n) is 6.76. The van der Waals surface area contributed by atoms with Gasteiger partial charge in [-0.25, -0.2) is 9.37 Å². The second-order valence-corrected chi connectivity index (χ2v) is 6.76. The summed E-state index contributed by atoms with van der Waals surface area (Å²) in [6.45, 7) is 1.77. The fourth-order valence-electron chi connectivity index (χ4n) is 3.16. The van der Waals surface area contributed by atoms with Gasteiger partial charge in [-0.05, 0) is 49.7 Å². The first-order valence-corrected chi connectivity index (χ1v) is 9.48. The normalized spacial score (nSPS) is 15.9. The Labute approximate surface area is 168 Å². The van der Waals surface area contributed by atoms with E-state index in [9.17, 15) is 4.39 Å². The van der Waals surface area contributed by atoms with Crippen molar-refractivity contribution in [3.8, 4) is 28.8 Å². The van der Waals surface area contributed by atoms with Gasteiger partial charge in [0, 0.05) is 24.3 Å². The van der Waals surface area contributed by atoms with E-state index in [1.165, 1.54) is 18.7 Å². The smallest absolute Gasteiger partial charge is 0.246 e. The van der Waals surface area contributed by atoms with Gasteiger partial charge in [0.1, 0.15) is 23.0 Å². The molecule has 4 rings (SSSR count). The van der Waals surface area contributed by atoms with Crippen molar-refractivity contribution in [3.63, 3.8) is 0 Å². The number of benzene rings is 1. The van der Waals surface area contributed by atoms with Crippen LogP contribution >= 0.6 is 0 Å². The van der Waals surface area contributed by atoms with E-state index in [0.29, 0.717) is 34.7 Å². The van der Waals surface area contributed by atoms with Crippen molar-refractivity contribution in [1.82, 2.24) is 20.3 Å². The molecule has 1 fully saturated rings. The summed E-state index contributed by atoms with van der Waals surface area (Å²) in [4.78, 5) is 12.7. The Hall–Kier alpha value is -3.26. The van der Waals surface area contributed by atoms with E-state index >= 15 is 0 Å². The number of methoxy groups -OCH3 is 1. The summed E-state index contributed by atoms with van der Waals surface area (Å²) in [6.07, 6.45) is 6.61. The molecule has 8 heteroatoms. The van der Waals surface area contributed by atoms with E-state index in [2.05, 4.69) is 25.6 Å². The number of anilines is 1. The first kappa shape index (κ1) is 19.1. The molecule has 1 aliphatic heterocycles. The van der Waals surface area contributed by atoms with Gasteiger partial charge in [-0.1, -0.05) is 0 Å². The van der Waals surface area contributed by atoms with E-state index < -0.39 is 5.82 Å². The third-order valence-electron chi connectivity index (χ3n) is 4.69. The summed E-state index contributed by atoms with van der Waals surface area (Å²) in [5, 5.41) is 6.81. The van der Waals surface area contributed by atoms with Crippen molar-refractivity contribution in [2.45, 2.75) is 18.9 Å². The van der Waals surface area contributed by atoms with E-state index in [0.717, 1.165) is 31.5 Å². The highest BCUT2D eigenvalue weighted by Crippen LogP contribution is 2.30. The fraction of sp³-hybridized carbons (Fsp3) is 0.286. The lowest BCUT2D eigenvalue weighted by molar-refractivity contribution is 0.412. The molecule has 0 amide bonds. The van der Waals surface area contributed by atoms with Crippen LogP contribution in [0.25, 0.3) is 11.4 Å². The molecule has 1 saturated heterocycles. The Morgan fingerprint density at radius 2 is 2.00 bits per heavy atom. The minimum atomic E-state index is -0.446. The van der Waals surface area contributed by atoms with E-state index in [4.69, 9.17) is 9.47 Å². The molecule has 2 N–H and O–H groups in total. The van der Waals surface area contributed by atoms with Gasteiger partial charge >= 0.3 is 0 Å². The molecule has 7 nitrogen and oxygen atoms in total. The number of nitrogens with zero attached hydrogens (tertiary/aromatic N) is 3. The number of rotatable bonds is 7. The Kier molecular flexibility index (Phi) is 5.81. The molecule has 0 aliphatic carbocycles. The number of aromatic nitrogens is 3. The van der Waals surface area contributed by atoms with Gasteiger partial charge in [0.2, 0.25) is 5.88 Å². The van der Waals surface area contributed by atoms with Gasteiger partial charge in [-0.3, -0.25) is 4.98 Å². The number of nitrogens with one attached hydrogen (secondary N) is 2. The molecule has 1 aliphatic rings. The maximum absolute atomic E-state index is 13.6. The SMILES string of the molecule is COc1ccc(Oc2nc(-c3cncc(F)c3)ncc2NC[C@@H]2CCCN2)cc1. The standard InChI is InChI=1S/C21H22FN5O2/c1-28-17-4-6-18(7-5-17)29-21-19(25-12-16-3-2-8-24-16)13-26-20(27-21)14-9-15(22)11-23-10-14/h4-7,9-11,13,16,24-25H,2-3,8,12H2,1H3/t16-/m0/s1. The Bertz CT molecular complexity index is 962. The van der Waals surface area contributed by atoms with Gasteiger partial charge in [-0.15, -0.1) is 0 Å². The summed E-state index contributed by atoms with van der Waals surface area (Å²) in [7, 11) is 1.61. The lowest BCUT2D eigenvalue weighted by Crippen LogP contribution is -2.29. The number of halogens is 1. The summed E-state index contributed by atoms with van der Waals surface area (Å²) in [5.41, 5.74) is 1.15. The highest BCUT2D eigenvalue weighted by atomic mass is 19.1. The summed E-state index contributed by atoms with van der Waals surface area (Å²) in [5.74, 6) is 1.60. The lowest BCUT2D eigenvalue weighted by atomic mass is 10.2. The highest BCUT2D eigenvalue weighted by Gasteiger charge is 2.16. The van der Waals surface area contributed by atoms with Crippen LogP contribution in [0, 0.1) is 5.82 Å². The topological polar surface area (TPSA) is 81.2 Å². The molecule has 29 heavy (non-hydrogen) atoms. The Morgan fingerprint density at radius 1 is 1.17 bits per heavy atom. The van der Waals surface area contributed by atoms with E-state index in [1.54, 1.807) is 25.4 Å². The molecule has 0 saturated carbocycles. The summed E-state index contributed by atoms with van der Waals surface area (Å²) >= 11 is 0. The zero-order chi connectivity index (χ0) is 20.1. The molecule has 1 atom stereocenters. The van der Waals surface area contributed by atoms with Crippen molar-refractivity contribution >= 4 is 5.69 Å². The minimum absolute atomic E-state index is 0.338. The third kappa shape index (κ3) is 4.78. The first-order valence-electron chi connectivity index (χ1n) is 9.48. The van der Waals surface area contributed by atoms with Crippen LogP contribution in [-0.2, 0) is 0 Å². The summed E-state index contributed by atoms with van der Waals surface area (Å²) < 4.78 is 24.8. The highest BCUT2D eigenvalue weighted by molar-refractivity contribution is 5.60. The zero-order valence-electron chi connectivity index (χ0n) is 16.1. The number of ether oxygens (including phenoxy) is 2. The molecule has 0 bridgehead atoms. The monoisotopic (exact) mass is 395 g/mol. The maximum atomic E-state index is 13.6. The van der Waals surface area contributed by atoms with E-state index in [1.807, 2.05) is 12.1 Å². The largest absolute Gasteiger partial charge is 0.497 e. The van der Waals surface area contributed by atoms with Crippen molar-refractivity contribution in [3.05, 3.63) is 54.7 Å². The van der Waals surface area contributed by atoms with E-state index in [-0.39, 0.29) is 0 Å². The first-order chi connectivity index (χ1) is 14.2. The van der Waals surface area contributed by atoms with Gasteiger partial charge < -0.3 is 20.1 Å². The van der Waals surface area contributed by atoms with Crippen molar-refractivity contribution in [2.24, 2.45) is 0 Å². The fourth-order valence-corrected chi connectivity index (χ4v) is 3.16. The molecular formula is C21H22FN5O2. The van der Waals surface area contributed by atoms with Gasteiger partial charge in [0.25, 0.3) is 0 Å². The van der Waals surface area contributed by atoms with Gasteiger partial charge in [0.15, 0.2) is 5.82 Å². The molecule has 0 unspecified atom stereocenters. The molecule has 0 radical (unpaired) electrons. The van der Waals surface area contributed by atoms with Crippen LogP contribution in [0.3, 0.4) is 0 Å². The Balaban J connectivity index is 1.61. The molecule has 3 heterocycles. The van der Waals surface area contributed by atoms with Crippen LogP contribution in [0.1, 0.15) is 12.8 Å². The second kappa shape index (κ2) is 8.83. The average Bonchev–Trinajstić information content (AvgIpc) is 3.27. The average molecular weight is 395 g/mol. The number of pyridine rings is 1. The van der Waals surface area contributed by atoms with Crippen molar-refractivity contribution < 1.29 is 13.9 Å². The van der Waals surface area contributed by atoms with Gasteiger partial charge in [0.05, 0.1) is 19.5 Å². The van der Waals surface area contributed by atoms with Crippen LogP contribution in [0.5, 0.6) is 17.4 Å². The number of hydrogen-bond acceptors (Lipinski definition) is 7. The van der Waals surface area contributed by atoms with Crippen LogP contribution in [0.15, 0.2) is 48.9 Å². The molecule has 2 aromatic heterocycles. The van der Waals surface area contributed by atoms with Crippen LogP contribution in [0.4, 0.5) is 10.1 Å². The van der Waals surface area contributed by atoms with Gasteiger partial charge in [-0.2, -0.15) is 4.98 Å². The zero-order valence-corrected chi connectivity index (χ0v) is 16.1. The number of hydrogen-bond donors (Lipinski definition) is 2. The van der Waals surface area contributed by atoms with Crippen molar-refractivity contribution in [1.29, 1.82) is 0 Å². The molecule has 1 aromatic carbocycles. The van der Waals surface area contributed by atoms with Crippen LogP contribution in [0.2, 0.25) is 0 Å². The lowest BCUT2D eigenvalue weighted by Gasteiger charge is -2.16. The van der Waals surface area contributed by atoms with Crippen LogP contribution < -0.4 is 20.1 Å². The predicted molar refractivity (Wildman–Crippen MR) is 108 cm³/mol. The maximum Gasteiger partial charge on any atom is 0.246 e. The molecule has 0 spiro atoms. The minimum Gasteiger partial charge on any atom is -0.497 e. The van der Waals surface area contributed by atoms with Crippen molar-refractivity contribution in [2.75, 3.05) is 25.5 Å². The molecule has 3 aromatic rings. The molecular weight excluding hydrogens is 373 g/mol. The third-order valence-corrected chi connectivity index (χ3v) is 4.69. The Morgan fingerprint density at radius 3 is 2.72 bits per heavy atom. The quantitative estimate of drug-likeness (QED) is 0.632. The predicted octanol–water partition coefficient (Wildman–Crippen LogP) is 3.64.